The van der Waals surface area contributed by atoms with Crippen molar-refractivity contribution in [2.45, 2.75) is 30.7 Å². The molecule has 2 nitrogen and oxygen atoms in total. The molecule has 2 N–H and O–H groups in total. The lowest BCUT2D eigenvalue weighted by atomic mass is 10.0. The standard InChI is InChI=1S/C17H20ClNOS/c1-2-3-13-4-6-14(7-5-13)17(19)12-21(20)16-10-8-15(18)9-11-16/h4-11,17H,2-3,12,19H2,1H3. The first kappa shape index (κ1) is 16.2. The first-order chi connectivity index (χ1) is 10.1. The van der Waals surface area contributed by atoms with E-state index in [1.807, 2.05) is 12.1 Å². The molecular formula is C17H20ClNOS. The normalized spacial score (nSPS) is 13.9. The highest BCUT2D eigenvalue weighted by molar-refractivity contribution is 7.85. The molecule has 0 amide bonds. The van der Waals surface area contributed by atoms with Crippen LogP contribution in [0.5, 0.6) is 0 Å². The molecule has 2 aromatic rings. The highest BCUT2D eigenvalue weighted by Gasteiger charge is 2.12. The number of aryl methyl sites for hydroxylation is 1. The van der Waals surface area contributed by atoms with Crippen LogP contribution in [0.2, 0.25) is 5.02 Å². The van der Waals surface area contributed by atoms with Crippen molar-refractivity contribution < 1.29 is 4.21 Å². The number of rotatable bonds is 6. The van der Waals surface area contributed by atoms with E-state index in [0.717, 1.165) is 23.3 Å². The maximum atomic E-state index is 12.3. The maximum Gasteiger partial charge on any atom is 0.0548 e. The summed E-state index contributed by atoms with van der Waals surface area (Å²) in [6.45, 7) is 2.16. The summed E-state index contributed by atoms with van der Waals surface area (Å²) in [6.07, 6.45) is 2.21. The minimum Gasteiger partial charge on any atom is -0.323 e. The zero-order valence-electron chi connectivity index (χ0n) is 12.1. The van der Waals surface area contributed by atoms with Crippen LogP contribution in [0.4, 0.5) is 0 Å². The average Bonchev–Trinajstić information content (AvgIpc) is 2.49. The lowest BCUT2D eigenvalue weighted by Gasteiger charge is -2.12. The van der Waals surface area contributed by atoms with Gasteiger partial charge in [0, 0.05) is 21.7 Å². The third-order valence-electron chi connectivity index (χ3n) is 3.35. The van der Waals surface area contributed by atoms with Gasteiger partial charge >= 0.3 is 0 Å². The SMILES string of the molecule is CCCc1ccc(C(N)CS(=O)c2ccc(Cl)cc2)cc1. The fraction of sp³-hybridized carbons (Fsp3) is 0.294. The van der Waals surface area contributed by atoms with Crippen molar-refractivity contribution in [3.8, 4) is 0 Å². The summed E-state index contributed by atoms with van der Waals surface area (Å²) in [5.74, 6) is 0.411. The lowest BCUT2D eigenvalue weighted by Crippen LogP contribution is -2.18. The summed E-state index contributed by atoms with van der Waals surface area (Å²) < 4.78 is 12.3. The van der Waals surface area contributed by atoms with Gasteiger partial charge in [0.1, 0.15) is 0 Å². The molecule has 0 saturated carbocycles. The van der Waals surface area contributed by atoms with Gasteiger partial charge in [0.05, 0.1) is 10.8 Å². The largest absolute Gasteiger partial charge is 0.323 e. The van der Waals surface area contributed by atoms with Gasteiger partial charge in [0.15, 0.2) is 0 Å². The van der Waals surface area contributed by atoms with Crippen LogP contribution in [0.15, 0.2) is 53.4 Å². The predicted molar refractivity (Wildman–Crippen MR) is 90.1 cm³/mol. The van der Waals surface area contributed by atoms with Gasteiger partial charge in [-0.3, -0.25) is 4.21 Å². The molecule has 0 radical (unpaired) electrons. The van der Waals surface area contributed by atoms with E-state index in [9.17, 15) is 4.21 Å². The van der Waals surface area contributed by atoms with Crippen LogP contribution in [-0.2, 0) is 17.2 Å². The number of halogens is 1. The van der Waals surface area contributed by atoms with E-state index >= 15 is 0 Å². The molecule has 112 valence electrons. The van der Waals surface area contributed by atoms with Crippen LogP contribution in [0.25, 0.3) is 0 Å². The molecule has 2 atom stereocenters. The molecule has 2 aromatic carbocycles. The smallest absolute Gasteiger partial charge is 0.0548 e. The lowest BCUT2D eigenvalue weighted by molar-refractivity contribution is 0.675. The molecule has 0 aromatic heterocycles. The van der Waals surface area contributed by atoms with Gasteiger partial charge in [-0.25, -0.2) is 0 Å². The zero-order valence-corrected chi connectivity index (χ0v) is 13.7. The summed E-state index contributed by atoms with van der Waals surface area (Å²) >= 11 is 5.83. The Morgan fingerprint density at radius 3 is 2.29 bits per heavy atom. The van der Waals surface area contributed by atoms with E-state index < -0.39 is 10.8 Å². The summed E-state index contributed by atoms with van der Waals surface area (Å²) in [7, 11) is -1.11. The molecule has 0 spiro atoms. The molecule has 0 bridgehead atoms. The van der Waals surface area contributed by atoms with Crippen LogP contribution in [0, 0.1) is 0 Å². The fourth-order valence-corrected chi connectivity index (χ4v) is 3.44. The van der Waals surface area contributed by atoms with Gasteiger partial charge < -0.3 is 5.73 Å². The van der Waals surface area contributed by atoms with Crippen LogP contribution in [0.1, 0.15) is 30.5 Å². The molecule has 0 heterocycles. The first-order valence-corrected chi connectivity index (χ1v) is 8.78. The second-order valence-electron chi connectivity index (χ2n) is 5.06. The summed E-state index contributed by atoms with van der Waals surface area (Å²) in [6, 6.07) is 15.1. The molecular weight excluding hydrogens is 302 g/mol. The van der Waals surface area contributed by atoms with E-state index in [1.165, 1.54) is 5.56 Å². The number of hydrogen-bond acceptors (Lipinski definition) is 2. The van der Waals surface area contributed by atoms with Crippen molar-refractivity contribution in [2.75, 3.05) is 5.75 Å². The minimum absolute atomic E-state index is 0.225. The molecule has 0 aliphatic heterocycles. The second kappa shape index (κ2) is 7.74. The van der Waals surface area contributed by atoms with Crippen LogP contribution in [-0.4, -0.2) is 9.96 Å². The Bertz CT molecular complexity index is 595. The van der Waals surface area contributed by atoms with Gasteiger partial charge in [-0.05, 0) is 41.8 Å². The van der Waals surface area contributed by atoms with Crippen molar-refractivity contribution in [1.82, 2.24) is 0 Å². The quantitative estimate of drug-likeness (QED) is 0.870. The average molecular weight is 322 g/mol. The molecule has 2 rings (SSSR count). The molecule has 2 unspecified atom stereocenters. The zero-order chi connectivity index (χ0) is 15.2. The fourth-order valence-electron chi connectivity index (χ4n) is 2.16. The molecule has 0 aliphatic rings. The van der Waals surface area contributed by atoms with Crippen molar-refractivity contribution in [3.05, 3.63) is 64.7 Å². The molecule has 0 saturated heterocycles. The second-order valence-corrected chi connectivity index (χ2v) is 7.00. The van der Waals surface area contributed by atoms with Crippen LogP contribution < -0.4 is 5.73 Å². The van der Waals surface area contributed by atoms with E-state index in [4.69, 9.17) is 17.3 Å². The van der Waals surface area contributed by atoms with E-state index in [2.05, 4.69) is 19.1 Å². The monoisotopic (exact) mass is 321 g/mol. The Kier molecular flexibility index (Phi) is 5.97. The van der Waals surface area contributed by atoms with E-state index in [1.54, 1.807) is 24.3 Å². The van der Waals surface area contributed by atoms with E-state index in [-0.39, 0.29) is 6.04 Å². The Morgan fingerprint density at radius 2 is 1.71 bits per heavy atom. The maximum absolute atomic E-state index is 12.3. The van der Waals surface area contributed by atoms with Crippen LogP contribution >= 0.6 is 11.6 Å². The van der Waals surface area contributed by atoms with Crippen LogP contribution in [0.3, 0.4) is 0 Å². The van der Waals surface area contributed by atoms with Gasteiger partial charge in [-0.1, -0.05) is 49.2 Å². The predicted octanol–water partition coefficient (Wildman–Crippen LogP) is 4.10. The first-order valence-electron chi connectivity index (χ1n) is 7.08. The molecule has 21 heavy (non-hydrogen) atoms. The van der Waals surface area contributed by atoms with Gasteiger partial charge in [-0.15, -0.1) is 0 Å². The Balaban J connectivity index is 2.01. The summed E-state index contributed by atoms with van der Waals surface area (Å²) in [5, 5.41) is 0.645. The highest BCUT2D eigenvalue weighted by atomic mass is 35.5. The number of nitrogens with two attached hydrogens (primary N) is 1. The van der Waals surface area contributed by atoms with Crippen molar-refractivity contribution in [2.24, 2.45) is 5.73 Å². The van der Waals surface area contributed by atoms with Crippen molar-refractivity contribution in [3.63, 3.8) is 0 Å². The molecule has 4 heteroatoms. The third-order valence-corrected chi connectivity index (χ3v) is 5.07. The van der Waals surface area contributed by atoms with Gasteiger partial charge in [0.2, 0.25) is 0 Å². The molecule has 0 fully saturated rings. The van der Waals surface area contributed by atoms with Crippen molar-refractivity contribution >= 4 is 22.4 Å². The Labute approximate surface area is 133 Å². The Morgan fingerprint density at radius 1 is 1.10 bits per heavy atom. The number of hydrogen-bond donors (Lipinski definition) is 1. The highest BCUT2D eigenvalue weighted by Crippen LogP contribution is 2.18. The summed E-state index contributed by atoms with van der Waals surface area (Å²) in [4.78, 5) is 0.762. The third kappa shape index (κ3) is 4.67. The van der Waals surface area contributed by atoms with Gasteiger partial charge in [-0.2, -0.15) is 0 Å². The number of benzene rings is 2. The van der Waals surface area contributed by atoms with Gasteiger partial charge in [0.25, 0.3) is 0 Å². The molecule has 0 aliphatic carbocycles. The Hall–Kier alpha value is -1.16. The topological polar surface area (TPSA) is 43.1 Å². The summed E-state index contributed by atoms with van der Waals surface area (Å²) in [5.41, 5.74) is 8.51. The van der Waals surface area contributed by atoms with E-state index in [0.29, 0.717) is 10.8 Å². The van der Waals surface area contributed by atoms with Crippen molar-refractivity contribution in [1.29, 1.82) is 0 Å². The minimum atomic E-state index is -1.11.